The zero-order chi connectivity index (χ0) is 14.5. The minimum absolute atomic E-state index is 0.248. The highest BCUT2D eigenvalue weighted by atomic mass is 127. The van der Waals surface area contributed by atoms with Gasteiger partial charge in [-0.2, -0.15) is 0 Å². The van der Waals surface area contributed by atoms with E-state index < -0.39 is 0 Å². The van der Waals surface area contributed by atoms with Crippen molar-refractivity contribution >= 4 is 40.1 Å². The second kappa shape index (κ2) is 6.87. The Hall–Kier alpha value is -1.38. The Morgan fingerprint density at radius 1 is 1.35 bits per heavy atom. The van der Waals surface area contributed by atoms with Gasteiger partial charge in [0.1, 0.15) is 5.69 Å². The Morgan fingerprint density at radius 2 is 2.05 bits per heavy atom. The van der Waals surface area contributed by atoms with Crippen LogP contribution >= 0.6 is 22.6 Å². The molecule has 0 aromatic heterocycles. The van der Waals surface area contributed by atoms with E-state index >= 15 is 0 Å². The summed E-state index contributed by atoms with van der Waals surface area (Å²) >= 11 is 2.20. The number of hydrogen-bond donors (Lipinski definition) is 0. The molecule has 0 aliphatic carbocycles. The number of nitroso groups, excluding NO2 is 1. The molecule has 0 atom stereocenters. The number of anilines is 1. The van der Waals surface area contributed by atoms with E-state index in [1.54, 1.807) is 24.0 Å². The number of carbonyl (C=O) groups is 1. The average molecular weight is 389 g/mol. The molecule has 1 aliphatic heterocycles. The monoisotopic (exact) mass is 389 g/mol. The number of piperazine rings is 1. The van der Waals surface area contributed by atoms with Crippen LogP contribution in [0.5, 0.6) is 0 Å². The van der Waals surface area contributed by atoms with Crippen LogP contribution in [0.1, 0.15) is 6.92 Å². The molecule has 6 nitrogen and oxygen atoms in total. The van der Waals surface area contributed by atoms with Crippen LogP contribution in [0.15, 0.2) is 23.4 Å². The smallest absolute Gasteiger partial charge is 0.409 e. The van der Waals surface area contributed by atoms with Crippen molar-refractivity contribution < 1.29 is 9.53 Å². The molecule has 20 heavy (non-hydrogen) atoms. The van der Waals surface area contributed by atoms with Crippen LogP contribution in [-0.2, 0) is 4.74 Å². The molecule has 2 rings (SSSR count). The maximum Gasteiger partial charge on any atom is 0.409 e. The largest absolute Gasteiger partial charge is 0.450 e. The number of hydrogen-bond acceptors (Lipinski definition) is 5. The highest BCUT2D eigenvalue weighted by Crippen LogP contribution is 2.27. The van der Waals surface area contributed by atoms with Crippen molar-refractivity contribution in [3.63, 3.8) is 0 Å². The number of nitrogens with zero attached hydrogens (tertiary/aromatic N) is 3. The van der Waals surface area contributed by atoms with Crippen molar-refractivity contribution in [2.45, 2.75) is 6.92 Å². The third-order valence-electron chi connectivity index (χ3n) is 3.18. The number of benzene rings is 1. The molecule has 1 saturated heterocycles. The molecule has 1 aromatic carbocycles. The molecule has 0 unspecified atom stereocenters. The van der Waals surface area contributed by atoms with Gasteiger partial charge in [0, 0.05) is 29.7 Å². The Morgan fingerprint density at radius 3 is 2.60 bits per heavy atom. The summed E-state index contributed by atoms with van der Waals surface area (Å²) in [5.74, 6) is 0. The summed E-state index contributed by atoms with van der Waals surface area (Å²) in [7, 11) is 0. The summed E-state index contributed by atoms with van der Waals surface area (Å²) in [5, 5.41) is 2.93. The second-order valence-corrected chi connectivity index (χ2v) is 5.56. The Labute approximate surface area is 131 Å². The van der Waals surface area contributed by atoms with Crippen LogP contribution in [-0.4, -0.2) is 43.8 Å². The normalized spacial score (nSPS) is 15.1. The highest BCUT2D eigenvalue weighted by molar-refractivity contribution is 14.1. The standard InChI is InChI=1S/C13H16IN3O3/c1-2-20-13(18)17-7-5-16(6-8-17)12-4-3-10(15-19)9-11(12)14/h3-4,9H,2,5-8H2,1H3. The van der Waals surface area contributed by atoms with Gasteiger partial charge in [-0.3, -0.25) is 0 Å². The first-order valence-corrected chi connectivity index (χ1v) is 7.53. The van der Waals surface area contributed by atoms with Gasteiger partial charge in [0.2, 0.25) is 0 Å². The fraction of sp³-hybridized carbons (Fsp3) is 0.462. The fourth-order valence-corrected chi connectivity index (χ4v) is 2.99. The molecular formula is C13H16IN3O3. The van der Waals surface area contributed by atoms with Gasteiger partial charge in [-0.05, 0) is 52.9 Å². The average Bonchev–Trinajstić information content (AvgIpc) is 2.47. The third-order valence-corrected chi connectivity index (χ3v) is 4.05. The van der Waals surface area contributed by atoms with Crippen LogP contribution < -0.4 is 4.90 Å². The molecule has 1 amide bonds. The molecule has 1 heterocycles. The number of rotatable bonds is 3. The minimum atomic E-state index is -0.248. The first-order valence-electron chi connectivity index (χ1n) is 6.45. The summed E-state index contributed by atoms with van der Waals surface area (Å²) in [5.41, 5.74) is 1.50. The van der Waals surface area contributed by atoms with Gasteiger partial charge in [-0.1, -0.05) is 0 Å². The van der Waals surface area contributed by atoms with Crippen LogP contribution in [0, 0.1) is 8.48 Å². The van der Waals surface area contributed by atoms with Gasteiger partial charge in [0.15, 0.2) is 0 Å². The maximum absolute atomic E-state index is 11.6. The van der Waals surface area contributed by atoms with E-state index in [1.807, 2.05) is 6.07 Å². The van der Waals surface area contributed by atoms with Gasteiger partial charge in [0.25, 0.3) is 0 Å². The lowest BCUT2D eigenvalue weighted by Crippen LogP contribution is -2.49. The predicted octanol–water partition coefficient (Wildman–Crippen LogP) is 2.97. The minimum Gasteiger partial charge on any atom is -0.450 e. The number of carbonyl (C=O) groups excluding carboxylic acids is 1. The lowest BCUT2D eigenvalue weighted by atomic mass is 10.2. The Kier molecular flexibility index (Phi) is 5.16. The molecule has 0 saturated carbocycles. The van der Waals surface area contributed by atoms with Crippen LogP contribution in [0.2, 0.25) is 0 Å². The summed E-state index contributed by atoms with van der Waals surface area (Å²) in [6.07, 6.45) is -0.248. The zero-order valence-electron chi connectivity index (χ0n) is 11.2. The lowest BCUT2D eigenvalue weighted by Gasteiger charge is -2.35. The van der Waals surface area contributed by atoms with E-state index in [4.69, 9.17) is 4.74 Å². The molecule has 7 heteroatoms. The van der Waals surface area contributed by atoms with Crippen molar-refractivity contribution in [1.29, 1.82) is 0 Å². The highest BCUT2D eigenvalue weighted by Gasteiger charge is 2.23. The van der Waals surface area contributed by atoms with Gasteiger partial charge in [-0.25, -0.2) is 4.79 Å². The Bertz CT molecular complexity index is 502. The van der Waals surface area contributed by atoms with Crippen molar-refractivity contribution in [1.82, 2.24) is 4.90 Å². The van der Waals surface area contributed by atoms with E-state index in [0.717, 1.165) is 22.3 Å². The van der Waals surface area contributed by atoms with Crippen molar-refractivity contribution in [2.75, 3.05) is 37.7 Å². The van der Waals surface area contributed by atoms with Gasteiger partial charge < -0.3 is 14.5 Å². The first-order chi connectivity index (χ1) is 9.65. The van der Waals surface area contributed by atoms with Crippen LogP contribution in [0.3, 0.4) is 0 Å². The molecular weight excluding hydrogens is 373 g/mol. The molecule has 1 aliphatic rings. The number of amides is 1. The topological polar surface area (TPSA) is 62.2 Å². The van der Waals surface area contributed by atoms with Crippen molar-refractivity contribution in [3.8, 4) is 0 Å². The lowest BCUT2D eigenvalue weighted by molar-refractivity contribution is 0.105. The molecule has 0 spiro atoms. The van der Waals surface area contributed by atoms with E-state index in [9.17, 15) is 9.70 Å². The zero-order valence-corrected chi connectivity index (χ0v) is 13.4. The van der Waals surface area contributed by atoms with E-state index in [-0.39, 0.29) is 6.09 Å². The molecule has 0 bridgehead atoms. The van der Waals surface area contributed by atoms with E-state index in [2.05, 4.69) is 32.7 Å². The third kappa shape index (κ3) is 3.38. The molecule has 0 N–H and O–H groups in total. The van der Waals surface area contributed by atoms with Crippen LogP contribution in [0.4, 0.5) is 16.2 Å². The molecule has 1 fully saturated rings. The Balaban J connectivity index is 2.00. The maximum atomic E-state index is 11.6. The number of halogens is 1. The SMILES string of the molecule is CCOC(=O)N1CCN(c2ccc(N=O)cc2I)CC1. The second-order valence-electron chi connectivity index (χ2n) is 4.40. The number of ether oxygens (including phenoxy) is 1. The summed E-state index contributed by atoms with van der Waals surface area (Å²) in [6, 6.07) is 5.38. The summed E-state index contributed by atoms with van der Waals surface area (Å²) < 4.78 is 5.99. The quantitative estimate of drug-likeness (QED) is 0.589. The van der Waals surface area contributed by atoms with Gasteiger partial charge in [0.05, 0.1) is 12.3 Å². The molecule has 108 valence electrons. The van der Waals surface area contributed by atoms with Crippen molar-refractivity contribution in [2.24, 2.45) is 5.18 Å². The predicted molar refractivity (Wildman–Crippen MR) is 85.4 cm³/mol. The van der Waals surface area contributed by atoms with Crippen molar-refractivity contribution in [3.05, 3.63) is 26.7 Å². The fourth-order valence-electron chi connectivity index (χ4n) is 2.15. The van der Waals surface area contributed by atoms with Crippen LogP contribution in [0.25, 0.3) is 0 Å². The first kappa shape index (κ1) is 15.0. The molecule has 1 aromatic rings. The van der Waals surface area contributed by atoms with Gasteiger partial charge in [-0.15, -0.1) is 4.91 Å². The summed E-state index contributed by atoms with van der Waals surface area (Å²) in [4.78, 5) is 26.0. The molecule has 0 radical (unpaired) electrons. The summed E-state index contributed by atoms with van der Waals surface area (Å²) in [6.45, 7) is 4.99. The van der Waals surface area contributed by atoms with Gasteiger partial charge >= 0.3 is 6.09 Å². The van der Waals surface area contributed by atoms with E-state index in [0.29, 0.717) is 25.4 Å². The van der Waals surface area contributed by atoms with E-state index in [1.165, 1.54) is 0 Å².